The molecule has 26 heavy (non-hydrogen) atoms. The molecule has 0 atom stereocenters. The van der Waals surface area contributed by atoms with Crippen LogP contribution in [0, 0.1) is 17.1 Å². The highest BCUT2D eigenvalue weighted by Gasteiger charge is 2.26. The highest BCUT2D eigenvalue weighted by atomic mass is 32.1. The first-order valence-corrected chi connectivity index (χ1v) is 8.78. The first-order chi connectivity index (χ1) is 12.5. The smallest absolute Gasteiger partial charge is 0.262 e. The third-order valence-corrected chi connectivity index (χ3v) is 5.19. The van der Waals surface area contributed by atoms with E-state index >= 15 is 0 Å². The van der Waals surface area contributed by atoms with Gasteiger partial charge in [-0.2, -0.15) is 5.26 Å². The Morgan fingerprint density at radius 2 is 2.19 bits per heavy atom. The zero-order chi connectivity index (χ0) is 18.7. The maximum absolute atomic E-state index is 13.5. The lowest BCUT2D eigenvalue weighted by Gasteiger charge is -2.25. The van der Waals surface area contributed by atoms with E-state index in [9.17, 15) is 19.2 Å². The summed E-state index contributed by atoms with van der Waals surface area (Å²) in [5.74, 6) is -1.06. The molecule has 1 aromatic carbocycles. The molecule has 2 aromatic rings. The molecule has 1 aliphatic heterocycles. The van der Waals surface area contributed by atoms with Gasteiger partial charge in [0, 0.05) is 18.3 Å². The van der Waals surface area contributed by atoms with Crippen molar-refractivity contribution < 1.29 is 18.7 Å². The van der Waals surface area contributed by atoms with E-state index in [1.165, 1.54) is 36.5 Å². The Morgan fingerprint density at radius 3 is 2.88 bits per heavy atom. The molecule has 6 nitrogen and oxygen atoms in total. The summed E-state index contributed by atoms with van der Waals surface area (Å²) >= 11 is 1.28. The Labute approximate surface area is 153 Å². The van der Waals surface area contributed by atoms with Gasteiger partial charge in [-0.25, -0.2) is 4.39 Å². The molecule has 0 saturated carbocycles. The molecular weight excluding hydrogens is 357 g/mol. The van der Waals surface area contributed by atoms with E-state index < -0.39 is 11.7 Å². The first kappa shape index (κ1) is 17.9. The first-order valence-electron chi connectivity index (χ1n) is 7.97. The Kier molecular flexibility index (Phi) is 5.19. The van der Waals surface area contributed by atoms with Crippen molar-refractivity contribution in [2.45, 2.75) is 19.9 Å². The normalized spacial score (nSPS) is 12.9. The van der Waals surface area contributed by atoms with Crippen molar-refractivity contribution in [3.05, 3.63) is 46.1 Å². The number of ether oxygens (including phenoxy) is 1. The summed E-state index contributed by atoms with van der Waals surface area (Å²) in [6.45, 7) is 2.13. The predicted molar refractivity (Wildman–Crippen MR) is 94.4 cm³/mol. The second kappa shape index (κ2) is 7.54. The lowest BCUT2D eigenvalue weighted by atomic mass is 10.0. The van der Waals surface area contributed by atoms with Crippen molar-refractivity contribution in [3.63, 3.8) is 0 Å². The van der Waals surface area contributed by atoms with Crippen LogP contribution in [0.2, 0.25) is 0 Å². The van der Waals surface area contributed by atoms with E-state index in [4.69, 9.17) is 4.74 Å². The van der Waals surface area contributed by atoms with Gasteiger partial charge in [-0.15, -0.1) is 11.3 Å². The van der Waals surface area contributed by atoms with E-state index in [0.29, 0.717) is 30.1 Å². The van der Waals surface area contributed by atoms with Gasteiger partial charge in [0.15, 0.2) is 18.2 Å². The second-order valence-corrected chi connectivity index (χ2v) is 6.88. The number of nitriles is 1. The van der Waals surface area contributed by atoms with Gasteiger partial charge in [0.05, 0.1) is 12.1 Å². The maximum atomic E-state index is 13.5. The molecular formula is C18H16FN3O3S. The Balaban J connectivity index is 1.70. The molecule has 3 rings (SSSR count). The number of halogens is 1. The molecule has 2 amide bonds. The average Bonchev–Trinajstić information content (AvgIpc) is 2.96. The number of hydrogen-bond acceptors (Lipinski definition) is 5. The molecule has 0 unspecified atom stereocenters. The number of carbonyl (C=O) groups excluding carboxylic acids is 2. The number of fused-ring (bicyclic) bond motifs is 1. The van der Waals surface area contributed by atoms with Gasteiger partial charge in [-0.3, -0.25) is 9.59 Å². The van der Waals surface area contributed by atoms with Crippen LogP contribution in [0.1, 0.15) is 22.9 Å². The van der Waals surface area contributed by atoms with Crippen LogP contribution in [0.15, 0.2) is 24.3 Å². The van der Waals surface area contributed by atoms with Crippen LogP contribution in [-0.2, 0) is 22.6 Å². The summed E-state index contributed by atoms with van der Waals surface area (Å²) in [6, 6.07) is 7.95. The van der Waals surface area contributed by atoms with E-state index in [1.54, 1.807) is 11.0 Å². The number of benzene rings is 1. The van der Waals surface area contributed by atoms with Crippen molar-refractivity contribution in [3.8, 4) is 11.8 Å². The number of carbonyl (C=O) groups is 2. The highest BCUT2D eigenvalue weighted by molar-refractivity contribution is 7.16. The summed E-state index contributed by atoms with van der Waals surface area (Å²) < 4.78 is 18.7. The average molecular weight is 373 g/mol. The molecule has 0 bridgehead atoms. The van der Waals surface area contributed by atoms with E-state index in [1.807, 2.05) is 0 Å². The van der Waals surface area contributed by atoms with Gasteiger partial charge in [-0.1, -0.05) is 12.1 Å². The number of amides is 2. The number of anilines is 1. The van der Waals surface area contributed by atoms with Crippen molar-refractivity contribution in [2.75, 3.05) is 18.5 Å². The minimum atomic E-state index is -0.547. The maximum Gasteiger partial charge on any atom is 0.262 e. The van der Waals surface area contributed by atoms with Gasteiger partial charge in [0.1, 0.15) is 11.1 Å². The summed E-state index contributed by atoms with van der Waals surface area (Å²) in [4.78, 5) is 26.3. The lowest BCUT2D eigenvalue weighted by molar-refractivity contribution is -0.129. The standard InChI is InChI=1S/C18H16FN3O3S/c1-11(23)22-7-6-12-13(8-20)18(26-16(12)9-22)21-17(24)10-25-15-5-3-2-4-14(15)19/h2-5H,6-7,9-10H2,1H3,(H,21,24). The van der Waals surface area contributed by atoms with Gasteiger partial charge in [0.2, 0.25) is 5.91 Å². The fourth-order valence-corrected chi connectivity index (χ4v) is 3.98. The molecule has 2 heterocycles. The Morgan fingerprint density at radius 1 is 1.42 bits per heavy atom. The molecule has 0 aliphatic carbocycles. The third-order valence-electron chi connectivity index (χ3n) is 4.06. The van der Waals surface area contributed by atoms with Gasteiger partial charge >= 0.3 is 0 Å². The van der Waals surface area contributed by atoms with Crippen molar-refractivity contribution in [1.82, 2.24) is 4.90 Å². The summed E-state index contributed by atoms with van der Waals surface area (Å²) in [7, 11) is 0. The fourth-order valence-electron chi connectivity index (χ4n) is 2.75. The van der Waals surface area contributed by atoms with Crippen LogP contribution in [0.3, 0.4) is 0 Å². The van der Waals surface area contributed by atoms with Gasteiger partial charge in [0.25, 0.3) is 5.91 Å². The van der Waals surface area contributed by atoms with Crippen LogP contribution >= 0.6 is 11.3 Å². The highest BCUT2D eigenvalue weighted by Crippen LogP contribution is 2.36. The van der Waals surface area contributed by atoms with Crippen molar-refractivity contribution in [1.29, 1.82) is 5.26 Å². The van der Waals surface area contributed by atoms with Crippen LogP contribution in [0.5, 0.6) is 5.75 Å². The summed E-state index contributed by atoms with van der Waals surface area (Å²) in [6.07, 6.45) is 0.579. The molecule has 0 radical (unpaired) electrons. The van der Waals surface area contributed by atoms with E-state index in [0.717, 1.165) is 10.4 Å². The fraction of sp³-hybridized carbons (Fsp3) is 0.278. The van der Waals surface area contributed by atoms with Crippen molar-refractivity contribution in [2.24, 2.45) is 0 Å². The molecule has 1 aromatic heterocycles. The lowest BCUT2D eigenvalue weighted by Crippen LogP contribution is -2.33. The van der Waals surface area contributed by atoms with Gasteiger partial charge < -0.3 is 15.0 Å². The second-order valence-electron chi connectivity index (χ2n) is 5.78. The molecule has 134 valence electrons. The van der Waals surface area contributed by atoms with Gasteiger partial charge in [-0.05, 0) is 24.1 Å². The molecule has 0 spiro atoms. The summed E-state index contributed by atoms with van der Waals surface area (Å²) in [5.41, 5.74) is 1.30. The van der Waals surface area contributed by atoms with Crippen LogP contribution in [0.4, 0.5) is 9.39 Å². The zero-order valence-corrected chi connectivity index (χ0v) is 14.9. The number of nitrogens with one attached hydrogen (secondary N) is 1. The van der Waals surface area contributed by atoms with Crippen LogP contribution in [0.25, 0.3) is 0 Å². The number of para-hydroxylation sites is 1. The largest absolute Gasteiger partial charge is 0.481 e. The molecule has 8 heteroatoms. The minimum Gasteiger partial charge on any atom is -0.481 e. The molecule has 0 saturated heterocycles. The van der Waals surface area contributed by atoms with E-state index in [2.05, 4.69) is 11.4 Å². The number of rotatable bonds is 4. The summed E-state index contributed by atoms with van der Waals surface area (Å²) in [5, 5.41) is 12.5. The molecule has 1 N–H and O–H groups in total. The monoisotopic (exact) mass is 373 g/mol. The Hall–Kier alpha value is -2.92. The SMILES string of the molecule is CC(=O)N1CCc2c(sc(NC(=O)COc3ccccc3F)c2C#N)C1. The predicted octanol–water partition coefficient (Wildman–Crippen LogP) is 2.68. The van der Waals surface area contributed by atoms with E-state index in [-0.39, 0.29) is 18.3 Å². The van der Waals surface area contributed by atoms with Crippen LogP contribution < -0.4 is 10.1 Å². The Bertz CT molecular complexity index is 904. The molecule has 1 aliphatic rings. The number of thiophene rings is 1. The van der Waals surface area contributed by atoms with Crippen LogP contribution in [-0.4, -0.2) is 29.9 Å². The number of hydrogen-bond donors (Lipinski definition) is 1. The third kappa shape index (κ3) is 3.68. The minimum absolute atomic E-state index is 0.00858. The van der Waals surface area contributed by atoms with Crippen molar-refractivity contribution >= 4 is 28.2 Å². The number of nitrogens with zero attached hydrogens (tertiary/aromatic N) is 2. The quantitative estimate of drug-likeness (QED) is 0.893. The molecule has 0 fully saturated rings. The zero-order valence-electron chi connectivity index (χ0n) is 14.0. The topological polar surface area (TPSA) is 82.4 Å².